The van der Waals surface area contributed by atoms with Gasteiger partial charge in [-0.3, -0.25) is 10.1 Å². The second kappa shape index (κ2) is 5.48. The number of furan rings is 1. The van der Waals surface area contributed by atoms with Crippen molar-refractivity contribution in [1.29, 1.82) is 0 Å². The number of hydrogen-bond donors (Lipinski definition) is 1. The van der Waals surface area contributed by atoms with Crippen LogP contribution < -0.4 is 5.32 Å². The van der Waals surface area contributed by atoms with Crippen LogP contribution in [-0.4, -0.2) is 10.9 Å². The van der Waals surface area contributed by atoms with Crippen LogP contribution in [0.5, 0.6) is 0 Å². The minimum Gasteiger partial charge on any atom is -0.472 e. The van der Waals surface area contributed by atoms with Gasteiger partial charge in [0.2, 0.25) is 0 Å². The third-order valence-corrected chi connectivity index (χ3v) is 3.75. The lowest BCUT2D eigenvalue weighted by Gasteiger charge is -2.00. The van der Waals surface area contributed by atoms with Crippen molar-refractivity contribution in [2.45, 2.75) is 0 Å². The quantitative estimate of drug-likeness (QED) is 0.784. The van der Waals surface area contributed by atoms with Gasteiger partial charge in [-0.2, -0.15) is 0 Å². The molecule has 3 rings (SSSR count). The minimum absolute atomic E-state index is 0.251. The summed E-state index contributed by atoms with van der Waals surface area (Å²) in [6, 6.07) is 9.04. The first-order chi connectivity index (χ1) is 9.74. The molecule has 6 heteroatoms. The number of nitrogens with zero attached hydrogens (tertiary/aromatic N) is 1. The molecule has 0 aliphatic rings. The lowest BCUT2D eigenvalue weighted by atomic mass is 10.2. The van der Waals surface area contributed by atoms with Gasteiger partial charge in [-0.1, -0.05) is 29.8 Å². The van der Waals surface area contributed by atoms with Gasteiger partial charge in [0.05, 0.1) is 17.5 Å². The molecule has 0 fully saturated rings. The summed E-state index contributed by atoms with van der Waals surface area (Å²) in [4.78, 5) is 16.2. The van der Waals surface area contributed by atoms with E-state index < -0.39 is 0 Å². The van der Waals surface area contributed by atoms with Crippen molar-refractivity contribution < 1.29 is 9.21 Å². The number of carbonyl (C=O) groups excluding carboxylic acids is 1. The van der Waals surface area contributed by atoms with Gasteiger partial charge in [0.25, 0.3) is 5.91 Å². The monoisotopic (exact) mass is 304 g/mol. The molecule has 0 atom stereocenters. The van der Waals surface area contributed by atoms with Crippen LogP contribution in [0.2, 0.25) is 5.02 Å². The largest absolute Gasteiger partial charge is 0.472 e. The molecule has 2 heterocycles. The third-order valence-electron chi connectivity index (χ3n) is 2.66. The van der Waals surface area contributed by atoms with Gasteiger partial charge in [-0.25, -0.2) is 4.98 Å². The Morgan fingerprint density at radius 2 is 2.15 bits per heavy atom. The molecule has 4 nitrogen and oxygen atoms in total. The normalized spacial score (nSPS) is 10.4. The topological polar surface area (TPSA) is 55.1 Å². The number of rotatable bonds is 3. The first-order valence-electron chi connectivity index (χ1n) is 5.78. The fourth-order valence-electron chi connectivity index (χ4n) is 1.69. The second-order valence-electron chi connectivity index (χ2n) is 3.98. The van der Waals surface area contributed by atoms with Crippen molar-refractivity contribution in [3.05, 3.63) is 58.8 Å². The van der Waals surface area contributed by atoms with E-state index in [4.69, 9.17) is 16.0 Å². The molecule has 0 bridgehead atoms. The van der Waals surface area contributed by atoms with Crippen LogP contribution in [-0.2, 0) is 0 Å². The van der Waals surface area contributed by atoms with E-state index in [-0.39, 0.29) is 5.91 Å². The highest BCUT2D eigenvalue weighted by Crippen LogP contribution is 2.30. The molecule has 0 saturated heterocycles. The summed E-state index contributed by atoms with van der Waals surface area (Å²) < 4.78 is 4.87. The second-order valence-corrected chi connectivity index (χ2v) is 5.25. The van der Waals surface area contributed by atoms with Crippen LogP contribution >= 0.6 is 22.9 Å². The molecule has 0 aliphatic carbocycles. The Labute approximate surface area is 124 Å². The molecule has 2 aromatic heterocycles. The Bertz CT molecular complexity index is 737. The molecule has 0 saturated carbocycles. The van der Waals surface area contributed by atoms with Crippen molar-refractivity contribution in [3.63, 3.8) is 0 Å². The van der Waals surface area contributed by atoms with E-state index >= 15 is 0 Å². The molecular weight excluding hydrogens is 296 g/mol. The van der Waals surface area contributed by atoms with Crippen molar-refractivity contribution in [3.8, 4) is 11.3 Å². The summed E-state index contributed by atoms with van der Waals surface area (Å²) in [5, 5.41) is 5.72. The smallest absolute Gasteiger partial charge is 0.260 e. The Morgan fingerprint density at radius 1 is 1.30 bits per heavy atom. The predicted octanol–water partition coefficient (Wildman–Crippen LogP) is 4.31. The van der Waals surface area contributed by atoms with Crippen LogP contribution in [0.4, 0.5) is 5.13 Å². The highest BCUT2D eigenvalue weighted by Gasteiger charge is 2.11. The maximum atomic E-state index is 11.9. The number of aromatic nitrogens is 1. The van der Waals surface area contributed by atoms with E-state index in [2.05, 4.69) is 10.3 Å². The molecule has 20 heavy (non-hydrogen) atoms. The lowest BCUT2D eigenvalue weighted by Crippen LogP contribution is -2.10. The Balaban J connectivity index is 1.81. The van der Waals surface area contributed by atoms with Gasteiger partial charge in [0.15, 0.2) is 5.13 Å². The molecule has 100 valence electrons. The zero-order valence-electron chi connectivity index (χ0n) is 10.2. The summed E-state index contributed by atoms with van der Waals surface area (Å²) in [6.07, 6.45) is 2.84. The molecule has 1 aromatic carbocycles. The van der Waals surface area contributed by atoms with Crippen LogP contribution in [0.1, 0.15) is 10.4 Å². The van der Waals surface area contributed by atoms with Crippen molar-refractivity contribution in [2.75, 3.05) is 5.32 Å². The van der Waals surface area contributed by atoms with Crippen LogP contribution in [0.15, 0.2) is 52.7 Å². The van der Waals surface area contributed by atoms with E-state index in [1.54, 1.807) is 12.1 Å². The van der Waals surface area contributed by atoms with Crippen LogP contribution in [0, 0.1) is 0 Å². The number of nitrogens with one attached hydrogen (secondary N) is 1. The standard InChI is InChI=1S/C14H9ClN2O2S/c15-11-4-2-1-3-10(11)12-8-20-14(16-12)17-13(18)9-5-6-19-7-9/h1-8H,(H,16,17,18). The maximum Gasteiger partial charge on any atom is 0.260 e. The Kier molecular flexibility index (Phi) is 3.54. The maximum absolute atomic E-state index is 11.9. The zero-order chi connectivity index (χ0) is 13.9. The fraction of sp³-hybridized carbons (Fsp3) is 0. The van der Waals surface area contributed by atoms with Gasteiger partial charge in [0, 0.05) is 16.0 Å². The summed E-state index contributed by atoms with van der Waals surface area (Å²) in [5.74, 6) is -0.251. The molecule has 0 unspecified atom stereocenters. The fourth-order valence-corrected chi connectivity index (χ4v) is 2.62. The summed E-state index contributed by atoms with van der Waals surface area (Å²) in [5.41, 5.74) is 2.04. The molecule has 0 aliphatic heterocycles. The molecule has 0 radical (unpaired) electrons. The Morgan fingerprint density at radius 3 is 2.90 bits per heavy atom. The average molecular weight is 305 g/mol. The van der Waals surface area contributed by atoms with Gasteiger partial charge >= 0.3 is 0 Å². The van der Waals surface area contributed by atoms with Crippen LogP contribution in [0.25, 0.3) is 11.3 Å². The SMILES string of the molecule is O=C(Nc1nc(-c2ccccc2Cl)cs1)c1ccoc1. The highest BCUT2D eigenvalue weighted by atomic mass is 35.5. The molecular formula is C14H9ClN2O2S. The predicted molar refractivity (Wildman–Crippen MR) is 79.2 cm³/mol. The van der Waals surface area contributed by atoms with E-state index in [9.17, 15) is 4.79 Å². The van der Waals surface area contributed by atoms with Crippen LogP contribution in [0.3, 0.4) is 0 Å². The summed E-state index contributed by atoms with van der Waals surface area (Å²) in [6.45, 7) is 0. The number of hydrogen-bond acceptors (Lipinski definition) is 4. The first kappa shape index (κ1) is 12.9. The minimum atomic E-state index is -0.251. The third kappa shape index (κ3) is 2.59. The molecule has 0 spiro atoms. The number of benzene rings is 1. The molecule has 1 amide bonds. The van der Waals surface area contributed by atoms with E-state index in [0.29, 0.717) is 15.7 Å². The summed E-state index contributed by atoms with van der Waals surface area (Å²) >= 11 is 7.47. The van der Waals surface area contributed by atoms with E-state index in [0.717, 1.165) is 11.3 Å². The number of anilines is 1. The van der Waals surface area contributed by atoms with Crippen molar-refractivity contribution >= 4 is 34.0 Å². The molecule has 3 aromatic rings. The van der Waals surface area contributed by atoms with Gasteiger partial charge in [0.1, 0.15) is 6.26 Å². The average Bonchev–Trinajstić information content (AvgIpc) is 3.10. The summed E-state index contributed by atoms with van der Waals surface area (Å²) in [7, 11) is 0. The lowest BCUT2D eigenvalue weighted by molar-refractivity contribution is 0.102. The van der Waals surface area contributed by atoms with E-state index in [1.807, 2.05) is 23.6 Å². The van der Waals surface area contributed by atoms with Gasteiger partial charge in [-0.05, 0) is 12.1 Å². The number of halogens is 1. The van der Waals surface area contributed by atoms with Crippen molar-refractivity contribution in [2.24, 2.45) is 0 Å². The first-order valence-corrected chi connectivity index (χ1v) is 7.04. The number of carbonyl (C=O) groups is 1. The van der Waals surface area contributed by atoms with Gasteiger partial charge < -0.3 is 4.42 Å². The molecule has 1 N–H and O–H groups in total. The highest BCUT2D eigenvalue weighted by molar-refractivity contribution is 7.14. The Hall–Kier alpha value is -2.11. The van der Waals surface area contributed by atoms with E-state index in [1.165, 1.54) is 23.9 Å². The number of amides is 1. The zero-order valence-corrected chi connectivity index (χ0v) is 11.7. The van der Waals surface area contributed by atoms with Crippen molar-refractivity contribution in [1.82, 2.24) is 4.98 Å². The number of thiazole rings is 1. The van der Waals surface area contributed by atoms with Gasteiger partial charge in [-0.15, -0.1) is 11.3 Å².